The molecular formula is C15H28. The minimum absolute atomic E-state index is 0. The van der Waals surface area contributed by atoms with E-state index in [-0.39, 0.29) is 7.43 Å². The fourth-order valence-corrected chi connectivity index (χ4v) is 1.18. The Morgan fingerprint density at radius 3 is 1.87 bits per heavy atom. The van der Waals surface area contributed by atoms with Gasteiger partial charge in [-0.3, -0.25) is 0 Å². The molecule has 0 saturated carbocycles. The van der Waals surface area contributed by atoms with E-state index >= 15 is 0 Å². The summed E-state index contributed by atoms with van der Waals surface area (Å²) in [5, 5.41) is 0. The minimum atomic E-state index is 0. The zero-order valence-corrected chi connectivity index (χ0v) is 10.4. The molecule has 1 aromatic carbocycles. The lowest BCUT2D eigenvalue weighted by molar-refractivity contribution is 1.10. The van der Waals surface area contributed by atoms with Gasteiger partial charge in [-0.15, -0.1) is 13.2 Å². The van der Waals surface area contributed by atoms with E-state index in [1.165, 1.54) is 16.7 Å². The third kappa shape index (κ3) is 7.99. The van der Waals surface area contributed by atoms with E-state index in [1.807, 2.05) is 13.8 Å². The first-order valence-electron chi connectivity index (χ1n) is 5.30. The van der Waals surface area contributed by atoms with Crippen LogP contribution in [0.2, 0.25) is 0 Å². The summed E-state index contributed by atoms with van der Waals surface area (Å²) in [6.45, 7) is 16.5. The lowest BCUT2D eigenvalue weighted by atomic mass is 10.0. The maximum absolute atomic E-state index is 3.00. The van der Waals surface area contributed by atoms with Crippen molar-refractivity contribution >= 4 is 0 Å². The average molecular weight is 208 g/mol. The SMILES string of the molecule is C.C=C.CC.CCc1cc(C)ccc1C. The van der Waals surface area contributed by atoms with Crippen LogP contribution in [0.15, 0.2) is 31.4 Å². The molecule has 1 aromatic rings. The van der Waals surface area contributed by atoms with Crippen molar-refractivity contribution in [3.63, 3.8) is 0 Å². The number of benzene rings is 1. The van der Waals surface area contributed by atoms with Crippen LogP contribution in [0.1, 0.15) is 44.9 Å². The van der Waals surface area contributed by atoms with Gasteiger partial charge >= 0.3 is 0 Å². The molecule has 0 aliphatic heterocycles. The summed E-state index contributed by atoms with van der Waals surface area (Å²) < 4.78 is 0. The fourth-order valence-electron chi connectivity index (χ4n) is 1.18. The van der Waals surface area contributed by atoms with E-state index in [0.717, 1.165) is 6.42 Å². The van der Waals surface area contributed by atoms with Crippen molar-refractivity contribution in [3.05, 3.63) is 48.0 Å². The molecule has 0 N–H and O–H groups in total. The quantitative estimate of drug-likeness (QED) is 0.547. The molecule has 0 aromatic heterocycles. The molecule has 0 saturated heterocycles. The maximum atomic E-state index is 3.00. The fraction of sp³-hybridized carbons (Fsp3) is 0.467. The zero-order valence-electron chi connectivity index (χ0n) is 10.4. The van der Waals surface area contributed by atoms with Gasteiger partial charge in [-0.25, -0.2) is 0 Å². The molecule has 0 unspecified atom stereocenters. The van der Waals surface area contributed by atoms with Crippen LogP contribution in [-0.2, 0) is 6.42 Å². The monoisotopic (exact) mass is 208 g/mol. The van der Waals surface area contributed by atoms with Crippen LogP contribution in [0.4, 0.5) is 0 Å². The smallest absolute Gasteiger partial charge is 0.0305 e. The third-order valence-electron chi connectivity index (χ3n) is 1.89. The summed E-state index contributed by atoms with van der Waals surface area (Å²) in [5.41, 5.74) is 4.25. The molecule has 88 valence electrons. The molecule has 0 bridgehead atoms. The standard InChI is InChI=1S/C10H14.C2H6.C2H4.CH4/c1-4-10-7-8(2)5-6-9(10)3;2*1-2;/h5-7H,4H2,1-3H3;1-2H3;1-2H2;1H4. The van der Waals surface area contributed by atoms with Crippen molar-refractivity contribution < 1.29 is 0 Å². The van der Waals surface area contributed by atoms with Crippen LogP contribution < -0.4 is 0 Å². The van der Waals surface area contributed by atoms with Gasteiger partial charge in [-0.2, -0.15) is 0 Å². The van der Waals surface area contributed by atoms with E-state index in [2.05, 4.69) is 52.1 Å². The van der Waals surface area contributed by atoms with Gasteiger partial charge in [0.05, 0.1) is 0 Å². The van der Waals surface area contributed by atoms with Crippen LogP contribution >= 0.6 is 0 Å². The van der Waals surface area contributed by atoms with E-state index in [0.29, 0.717) is 0 Å². The predicted octanol–water partition coefficient (Wildman–Crippen LogP) is 5.33. The van der Waals surface area contributed by atoms with Crippen molar-refractivity contribution in [1.82, 2.24) is 0 Å². The molecule has 0 heteroatoms. The molecule has 0 aliphatic carbocycles. The summed E-state index contributed by atoms with van der Waals surface area (Å²) in [4.78, 5) is 0. The normalized spacial score (nSPS) is 7.27. The van der Waals surface area contributed by atoms with Crippen LogP contribution in [0.25, 0.3) is 0 Å². The van der Waals surface area contributed by atoms with Gasteiger partial charge < -0.3 is 0 Å². The number of hydrogen-bond acceptors (Lipinski definition) is 0. The molecule has 0 spiro atoms. The van der Waals surface area contributed by atoms with Gasteiger partial charge in [-0.1, -0.05) is 52.0 Å². The Kier molecular flexibility index (Phi) is 16.9. The van der Waals surface area contributed by atoms with Gasteiger partial charge in [0.1, 0.15) is 0 Å². The molecular weight excluding hydrogens is 180 g/mol. The molecule has 0 aliphatic rings. The molecule has 15 heavy (non-hydrogen) atoms. The second kappa shape index (κ2) is 13.0. The molecule has 0 fully saturated rings. The topological polar surface area (TPSA) is 0 Å². The summed E-state index contributed by atoms with van der Waals surface area (Å²) in [6.07, 6.45) is 1.15. The Hall–Kier alpha value is -1.04. The lowest BCUT2D eigenvalue weighted by Crippen LogP contribution is -1.86. The highest BCUT2D eigenvalue weighted by Crippen LogP contribution is 2.10. The Bertz CT molecular complexity index is 236. The maximum Gasteiger partial charge on any atom is -0.0305 e. The zero-order chi connectivity index (χ0) is 11.6. The van der Waals surface area contributed by atoms with Gasteiger partial charge in [0.25, 0.3) is 0 Å². The molecule has 0 amide bonds. The van der Waals surface area contributed by atoms with Gasteiger partial charge in [-0.05, 0) is 31.4 Å². The van der Waals surface area contributed by atoms with Crippen molar-refractivity contribution in [2.75, 3.05) is 0 Å². The van der Waals surface area contributed by atoms with Gasteiger partial charge in [0.15, 0.2) is 0 Å². The Morgan fingerprint density at radius 1 is 1.07 bits per heavy atom. The second-order valence-corrected chi connectivity index (χ2v) is 2.78. The lowest BCUT2D eigenvalue weighted by Gasteiger charge is -2.02. The number of hydrogen-bond donors (Lipinski definition) is 0. The molecule has 0 radical (unpaired) electrons. The molecule has 0 nitrogen and oxygen atoms in total. The Labute approximate surface area is 97.0 Å². The largest absolute Gasteiger partial charge is 0.106 e. The van der Waals surface area contributed by atoms with Crippen molar-refractivity contribution in [1.29, 1.82) is 0 Å². The molecule has 1 rings (SSSR count). The highest BCUT2D eigenvalue weighted by molar-refractivity contribution is 5.30. The second-order valence-electron chi connectivity index (χ2n) is 2.78. The first-order chi connectivity index (χ1) is 6.74. The summed E-state index contributed by atoms with van der Waals surface area (Å²) in [5.74, 6) is 0. The number of aryl methyl sites for hydroxylation is 3. The van der Waals surface area contributed by atoms with Crippen molar-refractivity contribution in [2.24, 2.45) is 0 Å². The summed E-state index contributed by atoms with van der Waals surface area (Å²) in [6, 6.07) is 6.61. The first kappa shape index (κ1) is 19.5. The van der Waals surface area contributed by atoms with E-state index in [1.54, 1.807) is 0 Å². The first-order valence-corrected chi connectivity index (χ1v) is 5.30. The number of rotatable bonds is 1. The van der Waals surface area contributed by atoms with E-state index in [4.69, 9.17) is 0 Å². The third-order valence-corrected chi connectivity index (χ3v) is 1.89. The molecule has 0 heterocycles. The average Bonchev–Trinajstić information content (AvgIpc) is 2.27. The van der Waals surface area contributed by atoms with Gasteiger partial charge in [0, 0.05) is 0 Å². The Morgan fingerprint density at radius 2 is 1.53 bits per heavy atom. The van der Waals surface area contributed by atoms with Crippen LogP contribution in [0.3, 0.4) is 0 Å². The van der Waals surface area contributed by atoms with Crippen LogP contribution in [0.5, 0.6) is 0 Å². The Balaban J connectivity index is -0.000000258. The highest BCUT2D eigenvalue weighted by atomic mass is 14.0. The van der Waals surface area contributed by atoms with E-state index < -0.39 is 0 Å². The summed E-state index contributed by atoms with van der Waals surface area (Å²) >= 11 is 0. The van der Waals surface area contributed by atoms with Crippen molar-refractivity contribution in [2.45, 2.75) is 48.5 Å². The minimum Gasteiger partial charge on any atom is -0.106 e. The van der Waals surface area contributed by atoms with Gasteiger partial charge in [0.2, 0.25) is 0 Å². The van der Waals surface area contributed by atoms with Crippen molar-refractivity contribution in [3.8, 4) is 0 Å². The molecule has 0 atom stereocenters. The van der Waals surface area contributed by atoms with E-state index in [9.17, 15) is 0 Å². The predicted molar refractivity (Wildman–Crippen MR) is 74.6 cm³/mol. The summed E-state index contributed by atoms with van der Waals surface area (Å²) in [7, 11) is 0. The highest BCUT2D eigenvalue weighted by Gasteiger charge is 1.93. The van der Waals surface area contributed by atoms with Crippen LogP contribution in [-0.4, -0.2) is 0 Å². The van der Waals surface area contributed by atoms with Crippen LogP contribution in [0, 0.1) is 13.8 Å².